The first kappa shape index (κ1) is 21.6. The molecule has 0 saturated carbocycles. The van der Waals surface area contributed by atoms with Crippen LogP contribution in [0.25, 0.3) is 0 Å². The van der Waals surface area contributed by atoms with Crippen molar-refractivity contribution in [1.29, 1.82) is 5.26 Å². The van der Waals surface area contributed by atoms with Crippen molar-refractivity contribution in [2.75, 3.05) is 42.3 Å². The monoisotopic (exact) mass is 428 g/mol. The van der Waals surface area contributed by atoms with E-state index < -0.39 is 16.0 Å². The Morgan fingerprint density at radius 1 is 1.17 bits per heavy atom. The van der Waals surface area contributed by atoms with Gasteiger partial charge in [-0.3, -0.25) is 9.62 Å². The van der Waals surface area contributed by atoms with Gasteiger partial charge in [-0.05, 0) is 42.8 Å². The molecule has 1 fully saturated rings. The molecule has 0 amide bonds. The summed E-state index contributed by atoms with van der Waals surface area (Å²) < 4.78 is 28.4. The fourth-order valence-corrected chi connectivity index (χ4v) is 4.60. The van der Waals surface area contributed by atoms with Crippen molar-refractivity contribution in [3.8, 4) is 6.07 Å². The Hall–Kier alpha value is -3.09. The Bertz CT molecular complexity index is 1070. The maximum Gasteiger partial charge on any atom is 0.335 e. The summed E-state index contributed by atoms with van der Waals surface area (Å²) in [7, 11) is -3.88. The van der Waals surface area contributed by atoms with Crippen LogP contribution in [0.2, 0.25) is 0 Å². The number of aryl methyl sites for hydroxylation is 1. The number of sulfonamides is 1. The Morgan fingerprint density at radius 2 is 1.90 bits per heavy atom. The number of piperazine rings is 1. The standard InChI is InChI=1S/C21H24N4O4S/c1-16-4-2-5-18(14-16)30(28,29)23-19-15-17(21(26)27)6-7-20(19)25-12-10-24(11-13-25)9-3-8-22/h2,4-7,14-15,23H,3,9-13H2,1H3,(H,26,27). The summed E-state index contributed by atoms with van der Waals surface area (Å²) in [5.74, 6) is -1.13. The van der Waals surface area contributed by atoms with Gasteiger partial charge in [-0.25, -0.2) is 13.2 Å². The highest BCUT2D eigenvalue weighted by atomic mass is 32.2. The van der Waals surface area contributed by atoms with Gasteiger partial charge in [0, 0.05) is 39.1 Å². The van der Waals surface area contributed by atoms with E-state index in [1.54, 1.807) is 31.2 Å². The van der Waals surface area contributed by atoms with Gasteiger partial charge in [0.15, 0.2) is 0 Å². The fourth-order valence-electron chi connectivity index (χ4n) is 3.43. The predicted molar refractivity (Wildman–Crippen MR) is 114 cm³/mol. The van der Waals surface area contributed by atoms with E-state index in [0.29, 0.717) is 31.7 Å². The maximum absolute atomic E-state index is 12.9. The lowest BCUT2D eigenvalue weighted by Crippen LogP contribution is -2.46. The van der Waals surface area contributed by atoms with E-state index in [0.717, 1.165) is 18.7 Å². The van der Waals surface area contributed by atoms with Crippen LogP contribution in [0.1, 0.15) is 22.3 Å². The minimum atomic E-state index is -3.88. The first-order valence-electron chi connectivity index (χ1n) is 9.61. The van der Waals surface area contributed by atoms with Crippen molar-refractivity contribution in [3.63, 3.8) is 0 Å². The number of carbonyl (C=O) groups is 1. The molecule has 1 aliphatic rings. The number of nitrogens with zero attached hydrogens (tertiary/aromatic N) is 3. The van der Waals surface area contributed by atoms with E-state index in [1.807, 2.05) is 4.90 Å². The molecule has 9 heteroatoms. The summed E-state index contributed by atoms with van der Waals surface area (Å²) in [6.07, 6.45) is 0.467. The summed E-state index contributed by atoms with van der Waals surface area (Å²) in [5.41, 5.74) is 1.69. The van der Waals surface area contributed by atoms with Crippen LogP contribution in [0.3, 0.4) is 0 Å². The summed E-state index contributed by atoms with van der Waals surface area (Å²) >= 11 is 0. The molecule has 0 bridgehead atoms. The first-order valence-corrected chi connectivity index (χ1v) is 11.1. The quantitative estimate of drug-likeness (QED) is 0.696. The number of aromatic carboxylic acids is 1. The minimum absolute atomic E-state index is 0.00773. The molecule has 0 aromatic heterocycles. The number of rotatable bonds is 7. The van der Waals surface area contributed by atoms with Gasteiger partial charge in [-0.15, -0.1) is 0 Å². The van der Waals surface area contributed by atoms with Gasteiger partial charge in [0.05, 0.1) is 27.9 Å². The zero-order valence-electron chi connectivity index (χ0n) is 16.7. The van der Waals surface area contributed by atoms with Crippen molar-refractivity contribution in [2.24, 2.45) is 0 Å². The lowest BCUT2D eigenvalue weighted by molar-refractivity contribution is 0.0697. The summed E-state index contributed by atoms with van der Waals surface area (Å²) in [6, 6.07) is 13.2. The number of nitrogens with one attached hydrogen (secondary N) is 1. The van der Waals surface area contributed by atoms with Crippen molar-refractivity contribution < 1.29 is 18.3 Å². The number of hydrogen-bond donors (Lipinski definition) is 2. The third-order valence-corrected chi connectivity index (χ3v) is 6.40. The molecule has 1 heterocycles. The van der Waals surface area contributed by atoms with Gasteiger partial charge in [0.1, 0.15) is 0 Å². The second-order valence-electron chi connectivity index (χ2n) is 7.20. The minimum Gasteiger partial charge on any atom is -0.478 e. The van der Waals surface area contributed by atoms with Crippen LogP contribution < -0.4 is 9.62 Å². The SMILES string of the molecule is Cc1cccc(S(=O)(=O)Nc2cc(C(=O)O)ccc2N2CCN(CCC#N)CC2)c1. The predicted octanol–water partition coefficient (Wildman–Crippen LogP) is 2.53. The van der Waals surface area contributed by atoms with E-state index in [1.165, 1.54) is 18.2 Å². The van der Waals surface area contributed by atoms with Crippen LogP contribution in [-0.4, -0.2) is 57.1 Å². The number of benzene rings is 2. The molecular formula is C21H24N4O4S. The van der Waals surface area contributed by atoms with E-state index >= 15 is 0 Å². The molecule has 0 aliphatic carbocycles. The van der Waals surface area contributed by atoms with Crippen LogP contribution in [0, 0.1) is 18.3 Å². The van der Waals surface area contributed by atoms with E-state index in [9.17, 15) is 18.3 Å². The van der Waals surface area contributed by atoms with E-state index in [-0.39, 0.29) is 16.1 Å². The molecule has 0 atom stereocenters. The van der Waals surface area contributed by atoms with Gasteiger partial charge in [0.2, 0.25) is 0 Å². The van der Waals surface area contributed by atoms with Crippen LogP contribution in [0.4, 0.5) is 11.4 Å². The molecule has 158 valence electrons. The lowest BCUT2D eigenvalue weighted by Gasteiger charge is -2.36. The Kier molecular flexibility index (Phi) is 6.59. The molecule has 8 nitrogen and oxygen atoms in total. The topological polar surface area (TPSA) is 114 Å². The zero-order chi connectivity index (χ0) is 21.7. The fraction of sp³-hybridized carbons (Fsp3) is 0.333. The van der Waals surface area contributed by atoms with Crippen molar-refractivity contribution in [1.82, 2.24) is 4.90 Å². The smallest absolute Gasteiger partial charge is 0.335 e. The van der Waals surface area contributed by atoms with Crippen molar-refractivity contribution in [2.45, 2.75) is 18.2 Å². The summed E-state index contributed by atoms with van der Waals surface area (Å²) in [5, 5.41) is 18.1. The van der Waals surface area contributed by atoms with Crippen molar-refractivity contribution >= 4 is 27.4 Å². The molecular weight excluding hydrogens is 404 g/mol. The molecule has 0 unspecified atom stereocenters. The highest BCUT2D eigenvalue weighted by Gasteiger charge is 2.23. The molecule has 1 saturated heterocycles. The highest BCUT2D eigenvalue weighted by molar-refractivity contribution is 7.92. The average molecular weight is 429 g/mol. The van der Waals surface area contributed by atoms with E-state index in [4.69, 9.17) is 5.26 Å². The maximum atomic E-state index is 12.9. The molecule has 30 heavy (non-hydrogen) atoms. The normalized spacial score (nSPS) is 14.9. The molecule has 3 rings (SSSR count). The van der Waals surface area contributed by atoms with Gasteiger partial charge in [0.25, 0.3) is 10.0 Å². The van der Waals surface area contributed by atoms with Crippen molar-refractivity contribution in [3.05, 3.63) is 53.6 Å². The number of hydrogen-bond acceptors (Lipinski definition) is 6. The number of nitriles is 1. The molecule has 0 radical (unpaired) electrons. The van der Waals surface area contributed by atoms with Crippen LogP contribution in [0.5, 0.6) is 0 Å². The number of anilines is 2. The third-order valence-electron chi connectivity index (χ3n) is 5.04. The largest absolute Gasteiger partial charge is 0.478 e. The highest BCUT2D eigenvalue weighted by Crippen LogP contribution is 2.30. The molecule has 2 aromatic carbocycles. The Morgan fingerprint density at radius 3 is 2.53 bits per heavy atom. The van der Waals surface area contributed by atoms with Gasteiger partial charge in [-0.1, -0.05) is 12.1 Å². The Balaban J connectivity index is 1.88. The summed E-state index contributed by atoms with van der Waals surface area (Å²) in [4.78, 5) is 15.8. The summed E-state index contributed by atoms with van der Waals surface area (Å²) in [6.45, 7) is 5.29. The van der Waals surface area contributed by atoms with Crippen LogP contribution in [-0.2, 0) is 10.0 Å². The Labute approximate surface area is 176 Å². The average Bonchev–Trinajstić information content (AvgIpc) is 2.72. The second-order valence-corrected chi connectivity index (χ2v) is 8.88. The molecule has 0 spiro atoms. The van der Waals surface area contributed by atoms with Gasteiger partial charge < -0.3 is 10.0 Å². The van der Waals surface area contributed by atoms with Gasteiger partial charge in [-0.2, -0.15) is 5.26 Å². The first-order chi connectivity index (χ1) is 14.3. The van der Waals surface area contributed by atoms with E-state index in [2.05, 4.69) is 15.7 Å². The van der Waals surface area contributed by atoms with Crippen LogP contribution >= 0.6 is 0 Å². The zero-order valence-corrected chi connectivity index (χ0v) is 17.5. The molecule has 1 aliphatic heterocycles. The lowest BCUT2D eigenvalue weighted by atomic mass is 10.1. The number of carboxylic acid groups (broad SMARTS) is 1. The number of carboxylic acids is 1. The molecule has 2 N–H and O–H groups in total. The molecule has 2 aromatic rings. The van der Waals surface area contributed by atoms with Gasteiger partial charge >= 0.3 is 5.97 Å². The third kappa shape index (κ3) is 5.09. The second kappa shape index (κ2) is 9.15. The van der Waals surface area contributed by atoms with Crippen LogP contribution in [0.15, 0.2) is 47.4 Å².